The molecular formula is C54H68N4O12S. The lowest BCUT2D eigenvalue weighted by molar-refractivity contribution is -0.153. The fourth-order valence-electron chi connectivity index (χ4n) is 9.33. The highest BCUT2D eigenvalue weighted by Crippen LogP contribution is 2.44. The van der Waals surface area contributed by atoms with Gasteiger partial charge in [0.25, 0.3) is 11.1 Å². The van der Waals surface area contributed by atoms with Crippen LogP contribution in [0.5, 0.6) is 11.5 Å². The molecule has 2 aliphatic rings. The van der Waals surface area contributed by atoms with E-state index < -0.39 is 58.9 Å². The third-order valence-electron chi connectivity index (χ3n) is 13.3. The van der Waals surface area contributed by atoms with Crippen LogP contribution < -0.4 is 32.0 Å². The van der Waals surface area contributed by atoms with E-state index in [9.17, 15) is 24.0 Å². The van der Waals surface area contributed by atoms with Crippen molar-refractivity contribution in [2.75, 3.05) is 33.4 Å². The number of H-pyrrole nitrogens is 2. The summed E-state index contributed by atoms with van der Waals surface area (Å²) in [7, 11) is 3.24. The van der Waals surface area contributed by atoms with Gasteiger partial charge in [-0.05, 0) is 61.2 Å². The highest BCUT2D eigenvalue weighted by Gasteiger charge is 2.44. The Morgan fingerprint density at radius 3 is 1.72 bits per heavy atom. The quantitative estimate of drug-likeness (QED) is 0.0233. The van der Waals surface area contributed by atoms with E-state index in [1.165, 1.54) is 65.4 Å². The molecule has 2 fully saturated rings. The number of aryl methyl sites for hydroxylation is 2. The third-order valence-corrected chi connectivity index (χ3v) is 14.6. The summed E-state index contributed by atoms with van der Waals surface area (Å²) in [5.41, 5.74) is -0.0945. The van der Waals surface area contributed by atoms with Crippen LogP contribution in [0.15, 0.2) is 110 Å². The molecule has 6 atom stereocenters. The second kappa shape index (κ2) is 25.6. The lowest BCUT2D eigenvalue weighted by atomic mass is 9.80. The molecule has 17 heteroatoms. The molecule has 16 nitrogen and oxygen atoms in total. The molecule has 7 rings (SSSR count). The molecule has 2 aromatic heterocycles. The maximum Gasteiger partial charge on any atom is 0.330 e. The van der Waals surface area contributed by atoms with Gasteiger partial charge in [-0.1, -0.05) is 113 Å². The van der Waals surface area contributed by atoms with Crippen molar-refractivity contribution >= 4 is 17.7 Å². The summed E-state index contributed by atoms with van der Waals surface area (Å²) in [4.78, 5) is 68.9. The number of nitrogens with zero attached hydrogens (tertiary/aromatic N) is 2. The zero-order valence-corrected chi connectivity index (χ0v) is 42.2. The van der Waals surface area contributed by atoms with Gasteiger partial charge in [-0.25, -0.2) is 9.59 Å². The molecule has 2 N–H and O–H groups in total. The Kier molecular flexibility index (Phi) is 19.1. The van der Waals surface area contributed by atoms with Crippen LogP contribution in [-0.2, 0) is 34.1 Å². The summed E-state index contributed by atoms with van der Waals surface area (Å²) in [6.45, 7) is 5.54. The van der Waals surface area contributed by atoms with Crippen molar-refractivity contribution in [2.24, 2.45) is 0 Å². The second-order valence-corrected chi connectivity index (χ2v) is 19.5. The molecule has 0 aliphatic carbocycles. The van der Waals surface area contributed by atoms with E-state index in [1.807, 2.05) is 78.9 Å². The Hall–Kier alpha value is -5.72. The van der Waals surface area contributed by atoms with Crippen LogP contribution in [-0.4, -0.2) is 82.0 Å². The van der Waals surface area contributed by atoms with Gasteiger partial charge in [0.05, 0.1) is 39.5 Å². The van der Waals surface area contributed by atoms with Crippen molar-refractivity contribution < 1.29 is 38.0 Å². The lowest BCUT2D eigenvalue weighted by Crippen LogP contribution is -2.38. The van der Waals surface area contributed by atoms with E-state index in [0.29, 0.717) is 35.5 Å². The van der Waals surface area contributed by atoms with Crippen LogP contribution in [0.25, 0.3) is 0 Å². The van der Waals surface area contributed by atoms with Crippen LogP contribution in [0, 0.1) is 13.8 Å². The number of nitrogens with one attached hydrogen (secondary N) is 2. The van der Waals surface area contributed by atoms with E-state index in [0.717, 1.165) is 36.0 Å². The summed E-state index contributed by atoms with van der Waals surface area (Å²) in [5.74, 6) is 1.18. The molecule has 0 bridgehead atoms. The largest absolute Gasteiger partial charge is 0.497 e. The summed E-state index contributed by atoms with van der Waals surface area (Å²) in [5, 5.41) is -0.288. The number of esters is 1. The number of carbonyl (C=O) groups excluding carboxylic acids is 1. The topological polar surface area (TPSA) is 191 Å². The molecule has 0 spiro atoms. The predicted molar refractivity (Wildman–Crippen MR) is 271 cm³/mol. The fourth-order valence-corrected chi connectivity index (χ4v) is 10.4. The van der Waals surface area contributed by atoms with Gasteiger partial charge < -0.3 is 33.2 Å². The standard InChI is InChI=1S/C54H68N4O12S/c1-6-7-8-9-10-11-12-13-17-20-49(59)70-43-29-47(57-31-36(2)50(60)55-52(57)62)68-44(43)33-66-35-71-46-30-48(58-32-37(3)51(61)56-53(58)63)69-45(46)34-67-54(38-18-15-14-16-19-38,39-21-25-41(64-4)26-22-39)40-23-27-42(65-5)28-24-40/h14-16,18-19,21-28,31-32,43-48H,6-13,17,20,29-30,33-35H2,1-5H3,(H,55,60,62)(H,56,61,63)/t43-,44+,45+,46-,47+,48+/m0/s1. The first-order chi connectivity index (χ1) is 34.4. The van der Waals surface area contributed by atoms with Crippen molar-refractivity contribution in [3.05, 3.63) is 161 Å². The van der Waals surface area contributed by atoms with Crippen LogP contribution >= 0.6 is 11.8 Å². The maximum absolute atomic E-state index is 13.3. The Bertz CT molecular complexity index is 2670. The smallest absolute Gasteiger partial charge is 0.330 e. The Morgan fingerprint density at radius 1 is 0.662 bits per heavy atom. The van der Waals surface area contributed by atoms with Crippen LogP contribution in [0.2, 0.25) is 0 Å². The number of ether oxygens (including phenoxy) is 7. The molecule has 5 aromatic rings. The molecule has 0 amide bonds. The summed E-state index contributed by atoms with van der Waals surface area (Å²) < 4.78 is 46.5. The Balaban J connectivity index is 1.09. The molecule has 0 radical (unpaired) electrons. The summed E-state index contributed by atoms with van der Waals surface area (Å²) in [6.07, 6.45) is 10.3. The van der Waals surface area contributed by atoms with Gasteiger partial charge in [-0.15, -0.1) is 11.8 Å². The highest BCUT2D eigenvalue weighted by atomic mass is 32.2. The number of carbonyl (C=O) groups is 1. The highest BCUT2D eigenvalue weighted by molar-refractivity contribution is 7.99. The van der Waals surface area contributed by atoms with Crippen molar-refractivity contribution in [3.8, 4) is 11.5 Å². The molecule has 2 saturated heterocycles. The lowest BCUT2D eigenvalue weighted by Gasteiger charge is -2.37. The van der Waals surface area contributed by atoms with Crippen LogP contribution in [0.1, 0.15) is 124 Å². The molecule has 4 heterocycles. The SMILES string of the molecule is CCCCCCCCCCCC(=O)O[C@H]1C[C@H](n2cc(C)c(=O)[nH]c2=O)O[C@@H]1COCS[C@H]1C[C@H](n2cc(C)c(=O)[nH]c2=O)O[C@@H]1COC(c1ccccc1)(c1ccc(OC)cc1)c1ccc(OC)cc1. The third kappa shape index (κ3) is 13.4. The first-order valence-electron chi connectivity index (χ1n) is 24.8. The Morgan fingerprint density at radius 2 is 1.17 bits per heavy atom. The van der Waals surface area contributed by atoms with Gasteiger partial charge in [0.2, 0.25) is 0 Å². The van der Waals surface area contributed by atoms with Crippen LogP contribution in [0.3, 0.4) is 0 Å². The van der Waals surface area contributed by atoms with E-state index in [1.54, 1.807) is 28.1 Å². The van der Waals surface area contributed by atoms with E-state index in [4.69, 9.17) is 33.2 Å². The number of methoxy groups -OCH3 is 2. The zero-order valence-electron chi connectivity index (χ0n) is 41.4. The predicted octanol–water partition coefficient (Wildman–Crippen LogP) is 8.21. The minimum absolute atomic E-state index is 0.0272. The molecule has 0 unspecified atom stereocenters. The molecule has 2 aliphatic heterocycles. The first-order valence-corrected chi connectivity index (χ1v) is 25.8. The van der Waals surface area contributed by atoms with Gasteiger partial charge in [-0.3, -0.25) is 33.5 Å². The van der Waals surface area contributed by atoms with Crippen molar-refractivity contribution in [2.45, 2.75) is 139 Å². The number of hydrogen-bond acceptors (Lipinski definition) is 13. The average molecular weight is 997 g/mol. The number of hydrogen-bond donors (Lipinski definition) is 2. The normalized spacial score (nSPS) is 20.0. The number of aromatic amines is 2. The molecule has 0 saturated carbocycles. The minimum atomic E-state index is -1.15. The molecule has 3 aromatic carbocycles. The number of thioether (sulfide) groups is 1. The van der Waals surface area contributed by atoms with E-state index >= 15 is 0 Å². The van der Waals surface area contributed by atoms with Gasteiger partial charge in [0.1, 0.15) is 41.8 Å². The summed E-state index contributed by atoms with van der Waals surface area (Å²) >= 11 is 1.47. The summed E-state index contributed by atoms with van der Waals surface area (Å²) in [6, 6.07) is 25.4. The van der Waals surface area contributed by atoms with Gasteiger partial charge >= 0.3 is 17.3 Å². The van der Waals surface area contributed by atoms with Crippen molar-refractivity contribution in [3.63, 3.8) is 0 Å². The fraction of sp³-hybridized carbons (Fsp3) is 0.500. The van der Waals surface area contributed by atoms with Crippen molar-refractivity contribution in [1.29, 1.82) is 0 Å². The second-order valence-electron chi connectivity index (χ2n) is 18.3. The van der Waals surface area contributed by atoms with Crippen LogP contribution in [0.4, 0.5) is 0 Å². The monoisotopic (exact) mass is 996 g/mol. The van der Waals surface area contributed by atoms with Gasteiger partial charge in [0, 0.05) is 48.0 Å². The molecule has 71 heavy (non-hydrogen) atoms. The minimum Gasteiger partial charge on any atom is -0.497 e. The number of aromatic nitrogens is 4. The van der Waals surface area contributed by atoms with E-state index in [-0.39, 0.29) is 43.2 Å². The zero-order chi connectivity index (χ0) is 50.3. The maximum atomic E-state index is 13.3. The average Bonchev–Trinajstić information content (AvgIpc) is 3.98. The molecule has 382 valence electrons. The van der Waals surface area contributed by atoms with E-state index in [2.05, 4.69) is 16.9 Å². The Labute approximate surface area is 418 Å². The molecular weight excluding hydrogens is 929 g/mol. The van der Waals surface area contributed by atoms with Crippen molar-refractivity contribution in [1.82, 2.24) is 19.1 Å². The number of rotatable bonds is 26. The number of benzene rings is 3. The van der Waals surface area contributed by atoms with Gasteiger partial charge in [0.15, 0.2) is 0 Å². The first kappa shape index (κ1) is 53.1. The van der Waals surface area contributed by atoms with Gasteiger partial charge in [-0.2, -0.15) is 0 Å². The number of unbranched alkanes of at least 4 members (excludes halogenated alkanes) is 8.